The highest BCUT2D eigenvalue weighted by Crippen LogP contribution is 2.33. The summed E-state index contributed by atoms with van der Waals surface area (Å²) in [5.41, 5.74) is -0.795. The van der Waals surface area contributed by atoms with Crippen LogP contribution >= 0.6 is 0 Å². The van der Waals surface area contributed by atoms with Crippen molar-refractivity contribution in [2.75, 3.05) is 5.32 Å². The van der Waals surface area contributed by atoms with Gasteiger partial charge in [0.2, 0.25) is 11.7 Å². The Morgan fingerprint density at radius 3 is 2.74 bits per heavy atom. The van der Waals surface area contributed by atoms with Crippen molar-refractivity contribution < 1.29 is 32.0 Å². The third-order valence-corrected chi connectivity index (χ3v) is 5.36. The number of aryl methyl sites for hydroxylation is 2. The number of rotatable bonds is 6. The van der Waals surface area contributed by atoms with Crippen LogP contribution in [0.3, 0.4) is 0 Å². The maximum Gasteiger partial charge on any atom is 0.416 e. The Bertz CT molecular complexity index is 1360. The summed E-state index contributed by atoms with van der Waals surface area (Å²) in [6, 6.07) is 7.38. The molecule has 3 aromatic heterocycles. The molecule has 178 valence electrons. The van der Waals surface area contributed by atoms with Gasteiger partial charge >= 0.3 is 6.18 Å². The first-order chi connectivity index (χ1) is 15.9. The Morgan fingerprint density at radius 1 is 1.24 bits per heavy atom. The molecule has 0 bridgehead atoms. The number of anilines is 1. The monoisotopic (exact) mass is 477 g/mol. The molecule has 1 atom stereocenters. The Labute approximate surface area is 190 Å². The summed E-state index contributed by atoms with van der Waals surface area (Å²) < 4.78 is 58.3. The number of nitrogens with one attached hydrogen (secondary N) is 1. The fourth-order valence-electron chi connectivity index (χ4n) is 3.17. The molecule has 0 aliphatic rings. The third-order valence-electron chi connectivity index (χ3n) is 5.36. The lowest BCUT2D eigenvalue weighted by Gasteiger charge is -2.25. The Morgan fingerprint density at radius 2 is 2.00 bits per heavy atom. The van der Waals surface area contributed by atoms with Crippen molar-refractivity contribution in [1.82, 2.24) is 19.5 Å². The third kappa shape index (κ3) is 4.62. The van der Waals surface area contributed by atoms with Crippen molar-refractivity contribution in [1.29, 1.82) is 0 Å². The summed E-state index contributed by atoms with van der Waals surface area (Å²) in [5, 5.41) is 16.1. The molecule has 4 rings (SSSR count). The number of amides is 1. The van der Waals surface area contributed by atoms with E-state index in [1.165, 1.54) is 28.9 Å². The van der Waals surface area contributed by atoms with Crippen molar-refractivity contribution in [3.8, 4) is 11.4 Å². The lowest BCUT2D eigenvalue weighted by atomic mass is 10.00. The van der Waals surface area contributed by atoms with Gasteiger partial charge in [-0.15, -0.1) is 0 Å². The fourth-order valence-corrected chi connectivity index (χ4v) is 3.17. The Hall–Kier alpha value is -3.80. The Kier molecular flexibility index (Phi) is 5.86. The number of aliphatic hydroxyl groups is 1. The van der Waals surface area contributed by atoms with E-state index in [2.05, 4.69) is 20.4 Å². The number of aromatic nitrogens is 4. The highest BCUT2D eigenvalue weighted by Gasteiger charge is 2.49. The molecule has 0 aliphatic heterocycles. The lowest BCUT2D eigenvalue weighted by molar-refractivity contribution is -0.255. The first kappa shape index (κ1) is 23.4. The first-order valence-electron chi connectivity index (χ1n) is 10.1. The molecule has 4 aromatic rings. The van der Waals surface area contributed by atoms with Gasteiger partial charge in [0.1, 0.15) is 17.2 Å². The van der Waals surface area contributed by atoms with Gasteiger partial charge in [0.25, 0.3) is 5.91 Å². The number of fused-ring (bicyclic) bond motifs is 1. The predicted molar refractivity (Wildman–Crippen MR) is 113 cm³/mol. The van der Waals surface area contributed by atoms with E-state index in [1.54, 1.807) is 25.1 Å². The zero-order chi connectivity index (χ0) is 24.7. The van der Waals surface area contributed by atoms with Gasteiger partial charge in [0, 0.05) is 29.9 Å². The summed E-state index contributed by atoms with van der Waals surface area (Å²) in [6.07, 6.45) is -2.98. The molecule has 1 unspecified atom stereocenters. The fraction of sp³-hybridized carbons (Fsp3) is 0.273. The van der Waals surface area contributed by atoms with E-state index in [9.17, 15) is 27.5 Å². The van der Waals surface area contributed by atoms with Gasteiger partial charge in [-0.1, -0.05) is 17.3 Å². The number of halogens is 4. The number of imidazole rings is 1. The van der Waals surface area contributed by atoms with Crippen molar-refractivity contribution in [3.05, 3.63) is 65.7 Å². The molecule has 3 heterocycles. The minimum atomic E-state index is -4.78. The zero-order valence-electron chi connectivity index (χ0n) is 18.0. The maximum absolute atomic E-state index is 13.4. The molecule has 0 saturated heterocycles. The molecule has 1 aromatic carbocycles. The summed E-state index contributed by atoms with van der Waals surface area (Å²) >= 11 is 0. The van der Waals surface area contributed by atoms with Crippen molar-refractivity contribution in [2.24, 2.45) is 0 Å². The van der Waals surface area contributed by atoms with E-state index in [-0.39, 0.29) is 29.5 Å². The molecule has 34 heavy (non-hydrogen) atoms. The summed E-state index contributed by atoms with van der Waals surface area (Å²) in [5.74, 6) is -0.913. The highest BCUT2D eigenvalue weighted by atomic mass is 19.4. The highest BCUT2D eigenvalue weighted by molar-refractivity contribution is 6.04. The molecule has 0 radical (unpaired) electrons. The van der Waals surface area contributed by atoms with Crippen LogP contribution in [0.2, 0.25) is 0 Å². The first-order valence-corrected chi connectivity index (χ1v) is 10.1. The van der Waals surface area contributed by atoms with Crippen molar-refractivity contribution in [2.45, 2.75) is 38.5 Å². The molecular formula is C22H19F4N5O3. The molecule has 0 fully saturated rings. The van der Waals surface area contributed by atoms with E-state index < -0.39 is 29.9 Å². The summed E-state index contributed by atoms with van der Waals surface area (Å²) in [6.45, 7) is 2.45. The van der Waals surface area contributed by atoms with Crippen LogP contribution in [0, 0.1) is 12.7 Å². The Balaban J connectivity index is 1.52. The van der Waals surface area contributed by atoms with Crippen LogP contribution in [0.4, 0.5) is 23.2 Å². The molecule has 0 saturated carbocycles. The average Bonchev–Trinajstić information content (AvgIpc) is 3.40. The summed E-state index contributed by atoms with van der Waals surface area (Å²) in [4.78, 5) is 20.9. The second-order valence-electron chi connectivity index (χ2n) is 7.98. The number of alkyl halides is 3. The molecular weight excluding hydrogens is 458 g/mol. The maximum atomic E-state index is 13.4. The van der Waals surface area contributed by atoms with E-state index in [0.29, 0.717) is 18.2 Å². The topological polar surface area (TPSA) is 106 Å². The number of carbonyl (C=O) groups excluding carboxylic acids is 1. The van der Waals surface area contributed by atoms with Gasteiger partial charge in [-0.3, -0.25) is 9.20 Å². The molecule has 8 nitrogen and oxygen atoms in total. The number of hydrogen-bond acceptors (Lipinski definition) is 6. The van der Waals surface area contributed by atoms with Crippen molar-refractivity contribution >= 4 is 17.2 Å². The minimum Gasteiger partial charge on any atom is -0.381 e. The number of pyridine rings is 1. The molecule has 1 amide bonds. The van der Waals surface area contributed by atoms with Crippen LogP contribution in [0.1, 0.15) is 35.3 Å². The van der Waals surface area contributed by atoms with Gasteiger partial charge in [-0.2, -0.15) is 18.2 Å². The number of benzene rings is 1. The summed E-state index contributed by atoms with van der Waals surface area (Å²) in [7, 11) is 0. The average molecular weight is 477 g/mol. The van der Waals surface area contributed by atoms with Crippen LogP contribution < -0.4 is 5.32 Å². The van der Waals surface area contributed by atoms with Crippen LogP contribution in [0.25, 0.3) is 17.0 Å². The second-order valence-corrected chi connectivity index (χ2v) is 7.98. The smallest absolute Gasteiger partial charge is 0.381 e. The van der Waals surface area contributed by atoms with Gasteiger partial charge < -0.3 is 14.9 Å². The molecule has 2 N–H and O–H groups in total. The van der Waals surface area contributed by atoms with Crippen LogP contribution in [-0.2, 0) is 6.42 Å². The van der Waals surface area contributed by atoms with Crippen LogP contribution in [0.15, 0.2) is 47.2 Å². The van der Waals surface area contributed by atoms with E-state index >= 15 is 0 Å². The van der Waals surface area contributed by atoms with Crippen molar-refractivity contribution in [3.63, 3.8) is 0 Å². The molecule has 12 heteroatoms. The zero-order valence-corrected chi connectivity index (χ0v) is 18.0. The second kappa shape index (κ2) is 8.52. The minimum absolute atomic E-state index is 0.0661. The number of hydrogen-bond donors (Lipinski definition) is 2. The van der Waals surface area contributed by atoms with Gasteiger partial charge in [0.15, 0.2) is 5.60 Å². The standard InChI is InChI=1S/C22H19F4N5O3/c1-12-3-4-13(19-29-18(34-30-19)5-7-21(2,33)22(24,25)26)9-15(12)28-20(32)16-11-27-17-10-14(23)6-8-31(16)17/h3-4,6,8-11,33H,5,7H2,1-2H3,(H,28,32). The SMILES string of the molecule is Cc1ccc(-c2noc(CCC(C)(O)C(F)(F)F)n2)cc1NC(=O)c1cnc2cc(F)ccn12. The van der Waals surface area contributed by atoms with Crippen LogP contribution in [-0.4, -0.2) is 42.3 Å². The number of nitrogens with zero attached hydrogens (tertiary/aromatic N) is 4. The van der Waals surface area contributed by atoms with Gasteiger partial charge in [-0.25, -0.2) is 9.37 Å². The lowest BCUT2D eigenvalue weighted by Crippen LogP contribution is -2.42. The normalized spacial score (nSPS) is 13.7. The van der Waals surface area contributed by atoms with E-state index in [4.69, 9.17) is 4.52 Å². The largest absolute Gasteiger partial charge is 0.416 e. The van der Waals surface area contributed by atoms with Crippen LogP contribution in [0.5, 0.6) is 0 Å². The predicted octanol–water partition coefficient (Wildman–Crippen LogP) is 4.33. The quantitative estimate of drug-likeness (QED) is 0.401. The van der Waals surface area contributed by atoms with E-state index in [1.807, 2.05) is 0 Å². The van der Waals surface area contributed by atoms with Gasteiger partial charge in [-0.05, 0) is 38.0 Å². The van der Waals surface area contributed by atoms with Gasteiger partial charge in [0.05, 0.1) is 6.20 Å². The number of carbonyl (C=O) groups is 1. The molecule has 0 spiro atoms. The molecule has 0 aliphatic carbocycles. The van der Waals surface area contributed by atoms with E-state index in [0.717, 1.165) is 5.56 Å².